The zero-order chi connectivity index (χ0) is 20.2. The molecule has 144 valence electrons. The molecule has 0 radical (unpaired) electrons. The van der Waals surface area contributed by atoms with Gasteiger partial charge in [-0.2, -0.15) is 0 Å². The van der Waals surface area contributed by atoms with Gasteiger partial charge in [0.05, 0.1) is 25.6 Å². The number of hydrogen-bond donors (Lipinski definition) is 1. The number of rotatable bonds is 5. The molecule has 0 aliphatic carbocycles. The van der Waals surface area contributed by atoms with Gasteiger partial charge in [-0.05, 0) is 35.9 Å². The van der Waals surface area contributed by atoms with Crippen molar-refractivity contribution in [1.29, 1.82) is 0 Å². The number of nitrogens with zero attached hydrogens (tertiary/aromatic N) is 1. The Morgan fingerprint density at radius 2 is 1.34 bits per heavy atom. The molecule has 4 rings (SSSR count). The van der Waals surface area contributed by atoms with E-state index in [0.29, 0.717) is 11.3 Å². The maximum Gasteiger partial charge on any atom is 0.165 e. The Kier molecular flexibility index (Phi) is 5.16. The van der Waals surface area contributed by atoms with Crippen molar-refractivity contribution >= 4 is 0 Å². The molecule has 29 heavy (non-hydrogen) atoms. The fraction of sp³-hybridized carbons (Fsp3) is 0.0800. The molecule has 0 unspecified atom stereocenters. The summed E-state index contributed by atoms with van der Waals surface area (Å²) in [4.78, 5) is 4.88. The second kappa shape index (κ2) is 8.07. The SMILES string of the molecule is COc1cccc(-c2cc(-c3cccc(OC)c3O)cc(-c3ccccc3)n2)c1. The van der Waals surface area contributed by atoms with Gasteiger partial charge < -0.3 is 14.6 Å². The molecule has 0 amide bonds. The van der Waals surface area contributed by atoms with Crippen LogP contribution in [0.15, 0.2) is 84.9 Å². The molecule has 4 aromatic rings. The van der Waals surface area contributed by atoms with E-state index < -0.39 is 0 Å². The Morgan fingerprint density at radius 1 is 0.655 bits per heavy atom. The van der Waals surface area contributed by atoms with E-state index in [1.54, 1.807) is 20.3 Å². The topological polar surface area (TPSA) is 51.6 Å². The number of aromatic nitrogens is 1. The van der Waals surface area contributed by atoms with Crippen LogP contribution in [0.4, 0.5) is 0 Å². The van der Waals surface area contributed by atoms with Crippen LogP contribution in [-0.4, -0.2) is 24.3 Å². The lowest BCUT2D eigenvalue weighted by Gasteiger charge is -2.13. The van der Waals surface area contributed by atoms with Crippen molar-refractivity contribution in [3.8, 4) is 50.9 Å². The molecule has 1 aromatic heterocycles. The molecule has 1 N–H and O–H groups in total. The largest absolute Gasteiger partial charge is 0.504 e. The minimum Gasteiger partial charge on any atom is -0.504 e. The predicted octanol–water partition coefficient (Wildman–Crippen LogP) is 5.81. The third-order valence-corrected chi connectivity index (χ3v) is 4.79. The number of phenolic OH excluding ortho intramolecular Hbond substituents is 1. The van der Waals surface area contributed by atoms with E-state index in [1.165, 1.54) is 0 Å². The average Bonchev–Trinajstić information content (AvgIpc) is 2.79. The standard InChI is InChI=1S/C25H21NO3/c1-28-20-11-6-10-18(14-20)23-16-19(21-12-7-13-24(29-2)25(21)27)15-22(26-23)17-8-4-3-5-9-17/h3-16,27H,1-2H3. The molecular weight excluding hydrogens is 362 g/mol. The third kappa shape index (κ3) is 3.78. The van der Waals surface area contributed by atoms with E-state index in [4.69, 9.17) is 14.5 Å². The minimum atomic E-state index is 0.108. The maximum absolute atomic E-state index is 10.7. The highest BCUT2D eigenvalue weighted by atomic mass is 16.5. The normalized spacial score (nSPS) is 10.6. The highest BCUT2D eigenvalue weighted by Gasteiger charge is 2.14. The first-order chi connectivity index (χ1) is 14.2. The van der Waals surface area contributed by atoms with Gasteiger partial charge in [-0.25, -0.2) is 4.98 Å². The third-order valence-electron chi connectivity index (χ3n) is 4.79. The first kappa shape index (κ1) is 18.6. The van der Waals surface area contributed by atoms with Crippen molar-refractivity contribution in [3.05, 3.63) is 84.9 Å². The summed E-state index contributed by atoms with van der Waals surface area (Å²) in [7, 11) is 3.19. The molecule has 0 saturated carbocycles. The summed E-state index contributed by atoms with van der Waals surface area (Å²) in [6.45, 7) is 0. The molecule has 0 aliphatic heterocycles. The second-order valence-electron chi connectivity index (χ2n) is 6.58. The van der Waals surface area contributed by atoms with Gasteiger partial charge >= 0.3 is 0 Å². The number of hydrogen-bond acceptors (Lipinski definition) is 4. The van der Waals surface area contributed by atoms with Gasteiger partial charge in [0, 0.05) is 16.7 Å². The predicted molar refractivity (Wildman–Crippen MR) is 115 cm³/mol. The van der Waals surface area contributed by atoms with Gasteiger partial charge in [-0.15, -0.1) is 0 Å². The zero-order valence-electron chi connectivity index (χ0n) is 16.3. The number of phenols is 1. The van der Waals surface area contributed by atoms with Crippen molar-refractivity contribution < 1.29 is 14.6 Å². The Balaban J connectivity index is 1.94. The van der Waals surface area contributed by atoms with Crippen molar-refractivity contribution in [3.63, 3.8) is 0 Å². The lowest BCUT2D eigenvalue weighted by Crippen LogP contribution is -1.93. The van der Waals surface area contributed by atoms with Gasteiger partial charge in [0.25, 0.3) is 0 Å². The molecule has 0 spiro atoms. The van der Waals surface area contributed by atoms with Crippen molar-refractivity contribution in [2.75, 3.05) is 14.2 Å². The first-order valence-electron chi connectivity index (χ1n) is 9.28. The summed E-state index contributed by atoms with van der Waals surface area (Å²) in [5.41, 5.74) is 5.10. The van der Waals surface area contributed by atoms with E-state index in [0.717, 1.165) is 33.8 Å². The van der Waals surface area contributed by atoms with Crippen molar-refractivity contribution in [1.82, 2.24) is 4.98 Å². The molecule has 0 aliphatic rings. The fourth-order valence-electron chi connectivity index (χ4n) is 3.29. The van der Waals surface area contributed by atoms with E-state index in [1.807, 2.05) is 78.9 Å². The second-order valence-corrected chi connectivity index (χ2v) is 6.58. The highest BCUT2D eigenvalue weighted by Crippen LogP contribution is 2.39. The lowest BCUT2D eigenvalue weighted by molar-refractivity contribution is 0.374. The summed E-state index contributed by atoms with van der Waals surface area (Å²) < 4.78 is 10.7. The molecule has 4 nitrogen and oxygen atoms in total. The van der Waals surface area contributed by atoms with Crippen LogP contribution in [0.3, 0.4) is 0 Å². The highest BCUT2D eigenvalue weighted by molar-refractivity contribution is 5.80. The Morgan fingerprint density at radius 3 is 2.07 bits per heavy atom. The molecule has 1 heterocycles. The number of methoxy groups -OCH3 is 2. The van der Waals surface area contributed by atoms with Crippen molar-refractivity contribution in [2.45, 2.75) is 0 Å². The molecule has 4 heteroatoms. The molecule has 3 aromatic carbocycles. The number of benzene rings is 3. The molecule has 0 bridgehead atoms. The molecule has 0 atom stereocenters. The Labute approximate surface area is 170 Å². The fourth-order valence-corrected chi connectivity index (χ4v) is 3.29. The number of ether oxygens (including phenoxy) is 2. The summed E-state index contributed by atoms with van der Waals surface area (Å²) >= 11 is 0. The van der Waals surface area contributed by atoms with Gasteiger partial charge in [-0.1, -0.05) is 54.6 Å². The van der Waals surface area contributed by atoms with E-state index in [2.05, 4.69) is 0 Å². The molecular formula is C25H21NO3. The van der Waals surface area contributed by atoms with Gasteiger partial charge in [0.1, 0.15) is 5.75 Å². The Bertz CT molecular complexity index is 1140. The number of aromatic hydroxyl groups is 1. The lowest BCUT2D eigenvalue weighted by atomic mass is 9.99. The summed E-state index contributed by atoms with van der Waals surface area (Å²) in [5, 5.41) is 10.7. The van der Waals surface area contributed by atoms with Crippen LogP contribution in [0.5, 0.6) is 17.2 Å². The van der Waals surface area contributed by atoms with E-state index in [9.17, 15) is 5.11 Å². The number of para-hydroxylation sites is 1. The smallest absolute Gasteiger partial charge is 0.165 e. The van der Waals surface area contributed by atoms with Crippen LogP contribution in [0.2, 0.25) is 0 Å². The van der Waals surface area contributed by atoms with E-state index >= 15 is 0 Å². The monoisotopic (exact) mass is 383 g/mol. The van der Waals surface area contributed by atoms with Crippen LogP contribution >= 0.6 is 0 Å². The van der Waals surface area contributed by atoms with Crippen LogP contribution in [0.1, 0.15) is 0 Å². The van der Waals surface area contributed by atoms with Gasteiger partial charge in [-0.3, -0.25) is 0 Å². The van der Waals surface area contributed by atoms with Gasteiger partial charge in [0.2, 0.25) is 0 Å². The Hall–Kier alpha value is -3.79. The average molecular weight is 383 g/mol. The van der Waals surface area contributed by atoms with Gasteiger partial charge in [0.15, 0.2) is 11.5 Å². The van der Waals surface area contributed by atoms with Crippen LogP contribution in [0, 0.1) is 0 Å². The maximum atomic E-state index is 10.7. The van der Waals surface area contributed by atoms with Crippen LogP contribution in [0.25, 0.3) is 33.6 Å². The number of pyridine rings is 1. The quantitative estimate of drug-likeness (QED) is 0.473. The first-order valence-corrected chi connectivity index (χ1v) is 9.28. The van der Waals surface area contributed by atoms with Crippen LogP contribution in [-0.2, 0) is 0 Å². The summed E-state index contributed by atoms with van der Waals surface area (Å²) in [6, 6.07) is 27.2. The van der Waals surface area contributed by atoms with Crippen LogP contribution < -0.4 is 9.47 Å². The summed E-state index contributed by atoms with van der Waals surface area (Å²) in [5.74, 6) is 1.31. The molecule has 0 fully saturated rings. The van der Waals surface area contributed by atoms with E-state index in [-0.39, 0.29) is 5.75 Å². The molecule has 0 saturated heterocycles. The minimum absolute atomic E-state index is 0.108. The zero-order valence-corrected chi connectivity index (χ0v) is 16.3. The van der Waals surface area contributed by atoms with Crippen molar-refractivity contribution in [2.24, 2.45) is 0 Å². The summed E-state index contributed by atoms with van der Waals surface area (Å²) in [6.07, 6.45) is 0.